The van der Waals surface area contributed by atoms with Crippen molar-refractivity contribution < 1.29 is 13.9 Å². The molecule has 0 aromatic heterocycles. The normalized spacial score (nSPS) is 11.1. The second kappa shape index (κ2) is 9.40. The SMILES string of the molecule is COc1cc(/C=C(/C#N)c2ccccc2F)cc(Br)c1OCc1ccc(C)cc1. The number of aryl methyl sites for hydroxylation is 1. The molecule has 0 spiro atoms. The van der Waals surface area contributed by atoms with Gasteiger partial charge in [0.25, 0.3) is 0 Å². The van der Waals surface area contributed by atoms with Crippen LogP contribution < -0.4 is 9.47 Å². The third-order valence-corrected chi connectivity index (χ3v) is 4.94. The minimum absolute atomic E-state index is 0.227. The Morgan fingerprint density at radius 3 is 2.52 bits per heavy atom. The van der Waals surface area contributed by atoms with Gasteiger partial charge in [0, 0.05) is 5.56 Å². The summed E-state index contributed by atoms with van der Waals surface area (Å²) in [5.41, 5.74) is 3.40. The van der Waals surface area contributed by atoms with Crippen molar-refractivity contribution in [2.75, 3.05) is 7.11 Å². The van der Waals surface area contributed by atoms with Gasteiger partial charge in [0.2, 0.25) is 0 Å². The molecule has 146 valence electrons. The van der Waals surface area contributed by atoms with Crippen LogP contribution in [0.2, 0.25) is 0 Å². The number of methoxy groups -OCH3 is 1. The quantitative estimate of drug-likeness (QED) is 0.315. The largest absolute Gasteiger partial charge is 0.493 e. The van der Waals surface area contributed by atoms with E-state index in [4.69, 9.17) is 9.47 Å². The van der Waals surface area contributed by atoms with Crippen LogP contribution in [-0.2, 0) is 6.61 Å². The lowest BCUT2D eigenvalue weighted by Gasteiger charge is -2.14. The average molecular weight is 452 g/mol. The Hall–Kier alpha value is -3.10. The summed E-state index contributed by atoms with van der Waals surface area (Å²) in [7, 11) is 1.55. The van der Waals surface area contributed by atoms with E-state index in [0.29, 0.717) is 28.1 Å². The van der Waals surface area contributed by atoms with Crippen molar-refractivity contribution in [3.63, 3.8) is 0 Å². The highest BCUT2D eigenvalue weighted by Crippen LogP contribution is 2.38. The topological polar surface area (TPSA) is 42.2 Å². The van der Waals surface area contributed by atoms with Crippen LogP contribution in [0, 0.1) is 24.1 Å². The Morgan fingerprint density at radius 2 is 1.86 bits per heavy atom. The molecule has 0 heterocycles. The summed E-state index contributed by atoms with van der Waals surface area (Å²) in [5.74, 6) is 0.641. The molecule has 5 heteroatoms. The number of hydrogen-bond donors (Lipinski definition) is 0. The van der Waals surface area contributed by atoms with Gasteiger partial charge < -0.3 is 9.47 Å². The minimum atomic E-state index is -0.440. The van der Waals surface area contributed by atoms with Crippen molar-refractivity contribution in [3.8, 4) is 17.6 Å². The molecule has 0 unspecified atom stereocenters. The zero-order valence-corrected chi connectivity index (χ0v) is 17.7. The molecule has 0 fully saturated rings. The van der Waals surface area contributed by atoms with Gasteiger partial charge in [0.1, 0.15) is 12.4 Å². The Labute approximate surface area is 178 Å². The van der Waals surface area contributed by atoms with E-state index in [9.17, 15) is 9.65 Å². The van der Waals surface area contributed by atoms with E-state index < -0.39 is 5.82 Å². The fourth-order valence-corrected chi connectivity index (χ4v) is 3.39. The lowest BCUT2D eigenvalue weighted by molar-refractivity contribution is 0.282. The van der Waals surface area contributed by atoms with Gasteiger partial charge in [-0.2, -0.15) is 5.26 Å². The highest BCUT2D eigenvalue weighted by molar-refractivity contribution is 9.10. The zero-order chi connectivity index (χ0) is 20.8. The summed E-state index contributed by atoms with van der Waals surface area (Å²) < 4.78 is 26.2. The summed E-state index contributed by atoms with van der Waals surface area (Å²) in [6, 6.07) is 19.9. The monoisotopic (exact) mass is 451 g/mol. The number of allylic oxidation sites excluding steroid dienone is 1. The maximum Gasteiger partial charge on any atom is 0.175 e. The fraction of sp³-hybridized carbons (Fsp3) is 0.125. The van der Waals surface area contributed by atoms with Gasteiger partial charge in [-0.3, -0.25) is 0 Å². The molecule has 3 aromatic rings. The van der Waals surface area contributed by atoms with E-state index in [-0.39, 0.29) is 11.1 Å². The lowest BCUT2D eigenvalue weighted by Crippen LogP contribution is -1.99. The standard InChI is InChI=1S/C24H19BrFNO2/c1-16-7-9-17(10-8-16)15-29-24-21(25)12-18(13-23(24)28-2)11-19(14-27)20-5-3-4-6-22(20)26/h3-13H,15H2,1-2H3/b19-11-. The van der Waals surface area contributed by atoms with Gasteiger partial charge in [-0.15, -0.1) is 0 Å². The smallest absolute Gasteiger partial charge is 0.175 e. The first-order valence-corrected chi connectivity index (χ1v) is 9.73. The fourth-order valence-electron chi connectivity index (χ4n) is 2.82. The summed E-state index contributed by atoms with van der Waals surface area (Å²) >= 11 is 3.52. The van der Waals surface area contributed by atoms with E-state index in [1.165, 1.54) is 11.6 Å². The Morgan fingerprint density at radius 1 is 1.14 bits per heavy atom. The predicted octanol–water partition coefficient (Wildman–Crippen LogP) is 6.55. The van der Waals surface area contributed by atoms with Crippen LogP contribution in [0.1, 0.15) is 22.3 Å². The second-order valence-corrected chi connectivity index (χ2v) is 7.31. The number of halogens is 2. The van der Waals surface area contributed by atoms with Gasteiger partial charge >= 0.3 is 0 Å². The third-order valence-electron chi connectivity index (χ3n) is 4.35. The summed E-state index contributed by atoms with van der Waals surface area (Å²) in [6.45, 7) is 2.43. The molecule has 3 nitrogen and oxygen atoms in total. The number of nitrogens with zero attached hydrogens (tertiary/aromatic N) is 1. The Kier molecular flexibility index (Phi) is 6.69. The van der Waals surface area contributed by atoms with E-state index in [1.54, 1.807) is 37.5 Å². The number of ether oxygens (including phenoxy) is 2. The van der Waals surface area contributed by atoms with E-state index in [1.807, 2.05) is 37.3 Å². The molecule has 3 rings (SSSR count). The van der Waals surface area contributed by atoms with Crippen molar-refractivity contribution in [2.24, 2.45) is 0 Å². The third kappa shape index (κ3) is 5.04. The molecule has 3 aromatic carbocycles. The summed E-state index contributed by atoms with van der Waals surface area (Å²) in [5, 5.41) is 9.49. The minimum Gasteiger partial charge on any atom is -0.493 e. The first kappa shape index (κ1) is 20.6. The predicted molar refractivity (Wildman–Crippen MR) is 116 cm³/mol. The number of benzene rings is 3. The second-order valence-electron chi connectivity index (χ2n) is 6.46. The first-order chi connectivity index (χ1) is 14.0. The van der Waals surface area contributed by atoms with Crippen molar-refractivity contribution >= 4 is 27.6 Å². The van der Waals surface area contributed by atoms with Crippen molar-refractivity contribution in [1.29, 1.82) is 5.26 Å². The molecular formula is C24H19BrFNO2. The zero-order valence-electron chi connectivity index (χ0n) is 16.1. The Balaban J connectivity index is 1.90. The van der Waals surface area contributed by atoms with Gasteiger partial charge in [0.15, 0.2) is 11.5 Å². The summed E-state index contributed by atoms with van der Waals surface area (Å²) in [4.78, 5) is 0. The first-order valence-electron chi connectivity index (χ1n) is 8.94. The Bertz CT molecular complexity index is 1090. The molecule has 0 saturated carbocycles. The van der Waals surface area contributed by atoms with E-state index in [0.717, 1.165) is 5.56 Å². The number of rotatable bonds is 6. The van der Waals surface area contributed by atoms with Crippen LogP contribution in [0.5, 0.6) is 11.5 Å². The molecule has 0 atom stereocenters. The van der Waals surface area contributed by atoms with Crippen LogP contribution in [0.15, 0.2) is 65.1 Å². The highest BCUT2D eigenvalue weighted by atomic mass is 79.9. The maximum atomic E-state index is 14.1. The molecular weight excluding hydrogens is 433 g/mol. The highest BCUT2D eigenvalue weighted by Gasteiger charge is 2.13. The lowest BCUT2D eigenvalue weighted by atomic mass is 10.0. The molecule has 0 aliphatic heterocycles. The van der Waals surface area contributed by atoms with Crippen molar-refractivity contribution in [3.05, 3.63) is 93.2 Å². The molecule has 0 radical (unpaired) electrons. The van der Waals surface area contributed by atoms with Gasteiger partial charge in [-0.25, -0.2) is 4.39 Å². The van der Waals surface area contributed by atoms with Crippen molar-refractivity contribution in [2.45, 2.75) is 13.5 Å². The van der Waals surface area contributed by atoms with Crippen LogP contribution in [0.4, 0.5) is 4.39 Å². The molecule has 29 heavy (non-hydrogen) atoms. The van der Waals surface area contributed by atoms with Gasteiger partial charge in [-0.05, 0) is 58.3 Å². The molecule has 0 N–H and O–H groups in total. The molecule has 0 aliphatic rings. The van der Waals surface area contributed by atoms with Crippen LogP contribution in [0.3, 0.4) is 0 Å². The molecule has 0 aliphatic carbocycles. The maximum absolute atomic E-state index is 14.1. The van der Waals surface area contributed by atoms with Crippen molar-refractivity contribution in [1.82, 2.24) is 0 Å². The van der Waals surface area contributed by atoms with E-state index in [2.05, 4.69) is 22.0 Å². The van der Waals surface area contributed by atoms with Crippen LogP contribution in [-0.4, -0.2) is 7.11 Å². The van der Waals surface area contributed by atoms with Gasteiger partial charge in [-0.1, -0.05) is 48.0 Å². The van der Waals surface area contributed by atoms with Crippen LogP contribution in [0.25, 0.3) is 11.6 Å². The van der Waals surface area contributed by atoms with Gasteiger partial charge in [0.05, 0.1) is 23.2 Å². The van der Waals surface area contributed by atoms with E-state index >= 15 is 0 Å². The average Bonchev–Trinajstić information content (AvgIpc) is 2.72. The summed E-state index contributed by atoms with van der Waals surface area (Å²) in [6.07, 6.45) is 1.62. The molecule has 0 bridgehead atoms. The number of nitriles is 1. The number of hydrogen-bond acceptors (Lipinski definition) is 3. The van der Waals surface area contributed by atoms with Crippen LogP contribution >= 0.6 is 15.9 Å². The molecule has 0 saturated heterocycles. The molecule has 0 amide bonds.